The van der Waals surface area contributed by atoms with Crippen LogP contribution < -0.4 is 10.1 Å². The molecular formula is C17H22N4O2S. The summed E-state index contributed by atoms with van der Waals surface area (Å²) in [4.78, 5) is 12.5. The van der Waals surface area contributed by atoms with Crippen molar-refractivity contribution in [2.24, 2.45) is 0 Å². The highest BCUT2D eigenvalue weighted by atomic mass is 32.2. The lowest BCUT2D eigenvalue weighted by molar-refractivity contribution is -0.115. The summed E-state index contributed by atoms with van der Waals surface area (Å²) < 4.78 is 7.43. The van der Waals surface area contributed by atoms with E-state index in [1.54, 1.807) is 7.11 Å². The van der Waals surface area contributed by atoms with Crippen molar-refractivity contribution in [3.05, 3.63) is 30.1 Å². The SMILES string of the molecule is COc1ccccc1NC(=O)[C@@H](C)Sc1nnc2n1CCCCC2. The normalized spacial score (nSPS) is 15.2. The summed E-state index contributed by atoms with van der Waals surface area (Å²) in [7, 11) is 1.59. The van der Waals surface area contributed by atoms with Crippen molar-refractivity contribution in [1.82, 2.24) is 14.8 Å². The number of hydrogen-bond donors (Lipinski definition) is 1. The molecule has 1 aromatic carbocycles. The van der Waals surface area contributed by atoms with Gasteiger partial charge in [0.1, 0.15) is 11.6 Å². The number of para-hydroxylation sites is 2. The van der Waals surface area contributed by atoms with Gasteiger partial charge < -0.3 is 14.6 Å². The van der Waals surface area contributed by atoms with E-state index in [1.165, 1.54) is 18.2 Å². The predicted octanol–water partition coefficient (Wildman–Crippen LogP) is 3.13. The second kappa shape index (κ2) is 7.70. The van der Waals surface area contributed by atoms with Gasteiger partial charge in [0.2, 0.25) is 5.91 Å². The molecule has 2 aromatic rings. The molecule has 6 nitrogen and oxygen atoms in total. The number of thioether (sulfide) groups is 1. The van der Waals surface area contributed by atoms with Crippen molar-refractivity contribution in [1.29, 1.82) is 0 Å². The van der Waals surface area contributed by atoms with E-state index in [0.29, 0.717) is 11.4 Å². The summed E-state index contributed by atoms with van der Waals surface area (Å²) in [5.41, 5.74) is 0.678. The van der Waals surface area contributed by atoms with Crippen molar-refractivity contribution < 1.29 is 9.53 Å². The summed E-state index contributed by atoms with van der Waals surface area (Å²) in [6.07, 6.45) is 4.49. The van der Waals surface area contributed by atoms with E-state index in [2.05, 4.69) is 20.1 Å². The zero-order chi connectivity index (χ0) is 16.9. The van der Waals surface area contributed by atoms with Gasteiger partial charge in [0.15, 0.2) is 5.16 Å². The standard InChI is InChI=1S/C17H22N4O2S/c1-12(16(22)18-13-8-5-6-9-14(13)23-2)24-17-20-19-15-10-4-3-7-11-21(15)17/h5-6,8-9,12H,3-4,7,10-11H2,1-2H3,(H,18,22)/t12-/m1/s1. The third kappa shape index (κ3) is 3.72. The van der Waals surface area contributed by atoms with E-state index in [1.807, 2.05) is 31.2 Å². The van der Waals surface area contributed by atoms with E-state index in [-0.39, 0.29) is 11.2 Å². The average Bonchev–Trinajstić information content (AvgIpc) is 2.82. The molecule has 0 saturated heterocycles. The summed E-state index contributed by atoms with van der Waals surface area (Å²) in [5, 5.41) is 12.0. The van der Waals surface area contributed by atoms with Gasteiger partial charge in [0.25, 0.3) is 0 Å². The van der Waals surface area contributed by atoms with Crippen LogP contribution in [0.1, 0.15) is 32.0 Å². The first-order chi connectivity index (χ1) is 11.7. The molecule has 0 saturated carbocycles. The first-order valence-corrected chi connectivity index (χ1v) is 9.09. The number of aromatic nitrogens is 3. The van der Waals surface area contributed by atoms with Gasteiger partial charge in [-0.3, -0.25) is 4.79 Å². The number of methoxy groups -OCH3 is 1. The molecule has 128 valence electrons. The number of aryl methyl sites for hydroxylation is 1. The van der Waals surface area contributed by atoms with Gasteiger partial charge >= 0.3 is 0 Å². The molecule has 0 fully saturated rings. The number of carbonyl (C=O) groups excluding carboxylic acids is 1. The molecule has 1 aliphatic heterocycles. The van der Waals surface area contributed by atoms with Gasteiger partial charge in [-0.25, -0.2) is 0 Å². The zero-order valence-corrected chi connectivity index (χ0v) is 14.8. The highest BCUT2D eigenvalue weighted by Crippen LogP contribution is 2.28. The maximum Gasteiger partial charge on any atom is 0.237 e. The molecule has 2 heterocycles. The van der Waals surface area contributed by atoms with Crippen molar-refractivity contribution in [3.63, 3.8) is 0 Å². The molecule has 24 heavy (non-hydrogen) atoms. The number of benzene rings is 1. The Morgan fingerprint density at radius 1 is 1.29 bits per heavy atom. The van der Waals surface area contributed by atoms with Crippen LogP contribution in [0.5, 0.6) is 5.75 Å². The Hall–Kier alpha value is -2.02. The van der Waals surface area contributed by atoms with Gasteiger partial charge in [0.05, 0.1) is 18.0 Å². The van der Waals surface area contributed by atoms with Crippen LogP contribution in [-0.4, -0.2) is 33.0 Å². The first kappa shape index (κ1) is 16.8. The molecule has 0 radical (unpaired) electrons. The molecule has 1 aliphatic rings. The highest BCUT2D eigenvalue weighted by molar-refractivity contribution is 8.00. The minimum absolute atomic E-state index is 0.0736. The minimum Gasteiger partial charge on any atom is -0.495 e. The number of ether oxygens (including phenoxy) is 1. The molecule has 1 amide bonds. The van der Waals surface area contributed by atoms with Crippen LogP contribution in [0.25, 0.3) is 0 Å². The fourth-order valence-corrected chi connectivity index (χ4v) is 3.63. The van der Waals surface area contributed by atoms with Gasteiger partial charge in [-0.05, 0) is 31.9 Å². The van der Waals surface area contributed by atoms with Crippen LogP contribution in [-0.2, 0) is 17.8 Å². The van der Waals surface area contributed by atoms with Crippen LogP contribution in [0.15, 0.2) is 29.4 Å². The number of hydrogen-bond acceptors (Lipinski definition) is 5. The third-order valence-corrected chi connectivity index (χ3v) is 5.17. The number of anilines is 1. The van der Waals surface area contributed by atoms with E-state index in [0.717, 1.165) is 36.8 Å². The van der Waals surface area contributed by atoms with Gasteiger partial charge in [-0.2, -0.15) is 0 Å². The predicted molar refractivity (Wildman–Crippen MR) is 94.5 cm³/mol. The quantitative estimate of drug-likeness (QED) is 0.843. The lowest BCUT2D eigenvalue weighted by Crippen LogP contribution is -2.23. The van der Waals surface area contributed by atoms with Gasteiger partial charge in [0, 0.05) is 13.0 Å². The lowest BCUT2D eigenvalue weighted by atomic mass is 10.2. The molecule has 1 atom stereocenters. The Morgan fingerprint density at radius 3 is 2.96 bits per heavy atom. The molecule has 0 spiro atoms. The molecule has 0 aliphatic carbocycles. The minimum atomic E-state index is -0.272. The van der Waals surface area contributed by atoms with E-state index < -0.39 is 0 Å². The number of fused-ring (bicyclic) bond motifs is 1. The Morgan fingerprint density at radius 2 is 2.12 bits per heavy atom. The molecule has 0 bridgehead atoms. The largest absolute Gasteiger partial charge is 0.495 e. The van der Waals surface area contributed by atoms with Crippen LogP contribution in [0.4, 0.5) is 5.69 Å². The van der Waals surface area contributed by atoms with E-state index >= 15 is 0 Å². The second-order valence-corrected chi connectivity index (χ2v) is 7.12. The van der Waals surface area contributed by atoms with Crippen molar-refractivity contribution in [2.45, 2.75) is 49.6 Å². The fourth-order valence-electron chi connectivity index (χ4n) is 2.74. The summed E-state index contributed by atoms with van der Waals surface area (Å²) in [6.45, 7) is 2.82. The molecule has 7 heteroatoms. The fraction of sp³-hybridized carbons (Fsp3) is 0.471. The van der Waals surface area contributed by atoms with E-state index in [4.69, 9.17) is 4.74 Å². The number of nitrogens with zero attached hydrogens (tertiary/aromatic N) is 3. The number of nitrogens with one attached hydrogen (secondary N) is 1. The molecule has 3 rings (SSSR count). The number of amides is 1. The monoisotopic (exact) mass is 346 g/mol. The highest BCUT2D eigenvalue weighted by Gasteiger charge is 2.21. The average molecular weight is 346 g/mol. The maximum absolute atomic E-state index is 12.5. The van der Waals surface area contributed by atoms with Crippen LogP contribution in [0.3, 0.4) is 0 Å². The van der Waals surface area contributed by atoms with Crippen LogP contribution in [0.2, 0.25) is 0 Å². The van der Waals surface area contributed by atoms with Crippen molar-refractivity contribution in [3.8, 4) is 5.75 Å². The maximum atomic E-state index is 12.5. The molecule has 1 N–H and O–H groups in total. The number of rotatable bonds is 5. The molecule has 1 aromatic heterocycles. The first-order valence-electron chi connectivity index (χ1n) is 8.21. The van der Waals surface area contributed by atoms with Crippen molar-refractivity contribution in [2.75, 3.05) is 12.4 Å². The van der Waals surface area contributed by atoms with E-state index in [9.17, 15) is 4.79 Å². The van der Waals surface area contributed by atoms with Crippen LogP contribution in [0, 0.1) is 0 Å². The summed E-state index contributed by atoms with van der Waals surface area (Å²) >= 11 is 1.45. The second-order valence-electron chi connectivity index (χ2n) is 5.81. The smallest absolute Gasteiger partial charge is 0.237 e. The summed E-state index contributed by atoms with van der Waals surface area (Å²) in [6, 6.07) is 7.40. The molecule has 0 unspecified atom stereocenters. The Kier molecular flexibility index (Phi) is 5.40. The zero-order valence-electron chi connectivity index (χ0n) is 14.0. The molecular weight excluding hydrogens is 324 g/mol. The Balaban J connectivity index is 1.67. The number of carbonyl (C=O) groups is 1. The lowest BCUT2D eigenvalue weighted by Gasteiger charge is -2.14. The van der Waals surface area contributed by atoms with Crippen LogP contribution >= 0.6 is 11.8 Å². The third-order valence-electron chi connectivity index (χ3n) is 4.09. The van der Waals surface area contributed by atoms with Gasteiger partial charge in [-0.15, -0.1) is 10.2 Å². The summed E-state index contributed by atoms with van der Waals surface area (Å²) in [5.74, 6) is 1.61. The topological polar surface area (TPSA) is 69.0 Å². The van der Waals surface area contributed by atoms with Gasteiger partial charge in [-0.1, -0.05) is 30.3 Å². The Labute approximate surface area is 146 Å². The van der Waals surface area contributed by atoms with Crippen molar-refractivity contribution >= 4 is 23.4 Å². The Bertz CT molecular complexity index is 716.